The molecule has 4 rings (SSSR count). The highest BCUT2D eigenvalue weighted by atomic mass is 16.2. The molecule has 0 aliphatic carbocycles. The number of benzene rings is 1. The molecular formula is C24H28N4O. The highest BCUT2D eigenvalue weighted by Gasteiger charge is 2.29. The van der Waals surface area contributed by atoms with Crippen molar-refractivity contribution in [2.45, 2.75) is 32.2 Å². The molecule has 1 aliphatic heterocycles. The Morgan fingerprint density at radius 2 is 1.86 bits per heavy atom. The lowest BCUT2D eigenvalue weighted by molar-refractivity contribution is 0.0581. The van der Waals surface area contributed by atoms with E-state index in [0.717, 1.165) is 61.1 Å². The number of hydrogen-bond donors (Lipinski definition) is 0. The van der Waals surface area contributed by atoms with Crippen molar-refractivity contribution in [1.82, 2.24) is 19.8 Å². The number of carbonyl (C=O) groups excluding carboxylic acids is 1. The van der Waals surface area contributed by atoms with Crippen molar-refractivity contribution in [2.24, 2.45) is 0 Å². The summed E-state index contributed by atoms with van der Waals surface area (Å²) in [7, 11) is 0. The number of nitrogens with zero attached hydrogens (tertiary/aromatic N) is 4. The van der Waals surface area contributed by atoms with Crippen LogP contribution in [0.3, 0.4) is 0 Å². The van der Waals surface area contributed by atoms with Crippen LogP contribution < -0.4 is 0 Å². The summed E-state index contributed by atoms with van der Waals surface area (Å²) >= 11 is 0. The van der Waals surface area contributed by atoms with Crippen LogP contribution >= 0.6 is 0 Å². The predicted molar refractivity (Wildman–Crippen MR) is 116 cm³/mol. The summed E-state index contributed by atoms with van der Waals surface area (Å²) in [5.41, 5.74) is 2.63. The monoisotopic (exact) mass is 388 g/mol. The maximum atomic E-state index is 13.7. The van der Waals surface area contributed by atoms with Crippen LogP contribution in [0.1, 0.15) is 35.8 Å². The summed E-state index contributed by atoms with van der Waals surface area (Å²) < 4.78 is 0. The quantitative estimate of drug-likeness (QED) is 0.644. The van der Waals surface area contributed by atoms with Crippen LogP contribution in [0.25, 0.3) is 10.9 Å². The van der Waals surface area contributed by atoms with E-state index in [2.05, 4.69) is 26.7 Å². The molecule has 1 aromatic carbocycles. The molecule has 0 radical (unpaired) electrons. The Bertz CT molecular complexity index is 946. The zero-order valence-electron chi connectivity index (χ0n) is 17.0. The maximum absolute atomic E-state index is 13.7. The molecule has 150 valence electrons. The lowest BCUT2D eigenvalue weighted by atomic mass is 10.00. The van der Waals surface area contributed by atoms with Crippen LogP contribution in [0, 0.1) is 0 Å². The molecule has 1 amide bonds. The van der Waals surface area contributed by atoms with Gasteiger partial charge in [-0.2, -0.15) is 0 Å². The SMILES string of the molecule is CCN1CCC(N(CCc2ccccn2)C(=O)c2cccc3ncccc23)CC1. The van der Waals surface area contributed by atoms with Gasteiger partial charge in [-0.15, -0.1) is 0 Å². The number of hydrogen-bond acceptors (Lipinski definition) is 4. The minimum absolute atomic E-state index is 0.106. The Kier molecular flexibility index (Phi) is 6.15. The number of aromatic nitrogens is 2. The van der Waals surface area contributed by atoms with E-state index >= 15 is 0 Å². The average Bonchev–Trinajstić information content (AvgIpc) is 2.80. The first-order valence-electron chi connectivity index (χ1n) is 10.5. The smallest absolute Gasteiger partial charge is 0.254 e. The molecule has 5 heteroatoms. The van der Waals surface area contributed by atoms with Crippen molar-refractivity contribution in [1.29, 1.82) is 0 Å². The summed E-state index contributed by atoms with van der Waals surface area (Å²) in [5, 5.41) is 0.925. The Hall–Kier alpha value is -2.79. The molecule has 3 aromatic rings. The van der Waals surface area contributed by atoms with E-state index in [1.165, 1.54) is 0 Å². The third-order valence-corrected chi connectivity index (χ3v) is 5.92. The molecule has 0 spiro atoms. The minimum Gasteiger partial charge on any atom is -0.335 e. The van der Waals surface area contributed by atoms with Crippen molar-refractivity contribution in [2.75, 3.05) is 26.2 Å². The van der Waals surface area contributed by atoms with Crippen LogP contribution in [-0.2, 0) is 6.42 Å². The Morgan fingerprint density at radius 1 is 1.03 bits per heavy atom. The van der Waals surface area contributed by atoms with E-state index in [1.807, 2.05) is 54.7 Å². The first kappa shape index (κ1) is 19.5. The van der Waals surface area contributed by atoms with E-state index in [0.29, 0.717) is 6.54 Å². The van der Waals surface area contributed by atoms with Crippen molar-refractivity contribution in [3.63, 3.8) is 0 Å². The topological polar surface area (TPSA) is 49.3 Å². The average molecular weight is 389 g/mol. The number of carbonyl (C=O) groups is 1. The van der Waals surface area contributed by atoms with Gasteiger partial charge in [-0.1, -0.05) is 25.1 Å². The van der Waals surface area contributed by atoms with Crippen LogP contribution in [0.15, 0.2) is 60.9 Å². The molecule has 3 heterocycles. The standard InChI is InChI=1S/C24H28N4O/c1-2-27-16-12-20(13-17-27)28(18-11-19-7-3-4-14-25-19)24(29)22-8-5-10-23-21(22)9-6-15-26-23/h3-10,14-15,20H,2,11-13,16-18H2,1H3. The van der Waals surface area contributed by atoms with Gasteiger partial charge < -0.3 is 9.80 Å². The summed E-state index contributed by atoms with van der Waals surface area (Å²) in [4.78, 5) is 27.1. The van der Waals surface area contributed by atoms with E-state index < -0.39 is 0 Å². The fraction of sp³-hybridized carbons (Fsp3) is 0.375. The third-order valence-electron chi connectivity index (χ3n) is 5.92. The molecule has 0 unspecified atom stereocenters. The lowest BCUT2D eigenvalue weighted by Gasteiger charge is -2.38. The second kappa shape index (κ2) is 9.14. The van der Waals surface area contributed by atoms with Crippen LogP contribution in [0.2, 0.25) is 0 Å². The molecular weight excluding hydrogens is 360 g/mol. The van der Waals surface area contributed by atoms with E-state index in [9.17, 15) is 4.79 Å². The fourth-order valence-electron chi connectivity index (χ4n) is 4.22. The predicted octanol–water partition coefficient (Wildman–Crippen LogP) is 3.80. The van der Waals surface area contributed by atoms with Crippen LogP contribution in [-0.4, -0.2) is 57.9 Å². The first-order chi connectivity index (χ1) is 14.3. The summed E-state index contributed by atoms with van der Waals surface area (Å²) in [6.45, 7) is 6.05. The molecule has 1 fully saturated rings. The fourth-order valence-corrected chi connectivity index (χ4v) is 4.22. The van der Waals surface area contributed by atoms with Crippen LogP contribution in [0.5, 0.6) is 0 Å². The summed E-state index contributed by atoms with van der Waals surface area (Å²) in [6, 6.07) is 15.9. The molecule has 2 aromatic heterocycles. The van der Waals surface area contributed by atoms with E-state index in [-0.39, 0.29) is 11.9 Å². The molecule has 0 bridgehead atoms. The van der Waals surface area contributed by atoms with Gasteiger partial charge in [0.1, 0.15) is 0 Å². The number of pyridine rings is 2. The zero-order valence-corrected chi connectivity index (χ0v) is 17.0. The number of likely N-dealkylation sites (tertiary alicyclic amines) is 1. The maximum Gasteiger partial charge on any atom is 0.254 e. The molecule has 0 N–H and O–H groups in total. The van der Waals surface area contributed by atoms with Gasteiger partial charge in [-0.3, -0.25) is 14.8 Å². The number of fused-ring (bicyclic) bond motifs is 1. The molecule has 29 heavy (non-hydrogen) atoms. The van der Waals surface area contributed by atoms with Crippen molar-refractivity contribution in [3.05, 3.63) is 72.2 Å². The van der Waals surface area contributed by atoms with Gasteiger partial charge in [0.15, 0.2) is 0 Å². The van der Waals surface area contributed by atoms with Gasteiger partial charge in [-0.25, -0.2) is 0 Å². The summed E-state index contributed by atoms with van der Waals surface area (Å²) in [5.74, 6) is 0.106. The van der Waals surface area contributed by atoms with Gasteiger partial charge in [0.25, 0.3) is 5.91 Å². The largest absolute Gasteiger partial charge is 0.335 e. The Balaban J connectivity index is 1.60. The highest BCUT2D eigenvalue weighted by Crippen LogP contribution is 2.23. The summed E-state index contributed by atoms with van der Waals surface area (Å²) in [6.07, 6.45) is 6.40. The molecule has 5 nitrogen and oxygen atoms in total. The normalized spacial score (nSPS) is 15.5. The molecule has 1 aliphatic rings. The second-order valence-electron chi connectivity index (χ2n) is 7.61. The van der Waals surface area contributed by atoms with E-state index in [1.54, 1.807) is 6.20 Å². The lowest BCUT2D eigenvalue weighted by Crippen LogP contribution is -2.48. The van der Waals surface area contributed by atoms with E-state index in [4.69, 9.17) is 0 Å². The van der Waals surface area contributed by atoms with Gasteiger partial charge >= 0.3 is 0 Å². The third kappa shape index (κ3) is 4.46. The minimum atomic E-state index is 0.106. The van der Waals surface area contributed by atoms with Crippen molar-refractivity contribution in [3.8, 4) is 0 Å². The molecule has 0 atom stereocenters. The van der Waals surface area contributed by atoms with Crippen LogP contribution in [0.4, 0.5) is 0 Å². The number of piperidine rings is 1. The Morgan fingerprint density at radius 3 is 2.62 bits per heavy atom. The number of amides is 1. The van der Waals surface area contributed by atoms with Gasteiger partial charge in [0, 0.05) is 61.1 Å². The van der Waals surface area contributed by atoms with Crippen molar-refractivity contribution < 1.29 is 4.79 Å². The molecule has 1 saturated heterocycles. The van der Waals surface area contributed by atoms with Gasteiger partial charge in [0.05, 0.1) is 5.52 Å². The highest BCUT2D eigenvalue weighted by molar-refractivity contribution is 6.06. The van der Waals surface area contributed by atoms with Gasteiger partial charge in [-0.05, 0) is 49.7 Å². The number of rotatable bonds is 6. The van der Waals surface area contributed by atoms with Crippen molar-refractivity contribution >= 4 is 16.8 Å². The first-order valence-corrected chi connectivity index (χ1v) is 10.5. The van der Waals surface area contributed by atoms with Gasteiger partial charge in [0.2, 0.25) is 0 Å². The molecule has 0 saturated carbocycles. The second-order valence-corrected chi connectivity index (χ2v) is 7.61. The Labute approximate surface area is 172 Å². The zero-order chi connectivity index (χ0) is 20.1.